The van der Waals surface area contributed by atoms with Crippen LogP contribution < -0.4 is 14.2 Å². The van der Waals surface area contributed by atoms with E-state index < -0.39 is 0 Å². The molecular formula is C26H31N3O4. The second-order valence-corrected chi connectivity index (χ2v) is 7.99. The third-order valence-corrected chi connectivity index (χ3v) is 5.77. The van der Waals surface area contributed by atoms with Gasteiger partial charge < -0.3 is 19.1 Å². The zero-order valence-corrected chi connectivity index (χ0v) is 19.7. The van der Waals surface area contributed by atoms with E-state index in [4.69, 9.17) is 14.2 Å². The van der Waals surface area contributed by atoms with Crippen LogP contribution in [0.3, 0.4) is 0 Å². The summed E-state index contributed by atoms with van der Waals surface area (Å²) in [7, 11) is 1.91. The van der Waals surface area contributed by atoms with Crippen molar-refractivity contribution in [2.24, 2.45) is 7.05 Å². The maximum Gasteiger partial charge on any atom is 0.254 e. The maximum absolute atomic E-state index is 13.7. The average molecular weight is 450 g/mol. The summed E-state index contributed by atoms with van der Waals surface area (Å²) in [4.78, 5) is 15.6. The lowest BCUT2D eigenvalue weighted by Gasteiger charge is -2.34. The molecule has 4 rings (SSSR count). The molecule has 2 aromatic carbocycles. The first-order valence-corrected chi connectivity index (χ1v) is 11.5. The highest BCUT2D eigenvalue weighted by Crippen LogP contribution is 2.40. The van der Waals surface area contributed by atoms with Crippen molar-refractivity contribution in [3.63, 3.8) is 0 Å². The molecular weight excluding hydrogens is 418 g/mol. The predicted molar refractivity (Wildman–Crippen MR) is 126 cm³/mol. The maximum atomic E-state index is 13.7. The van der Waals surface area contributed by atoms with Crippen molar-refractivity contribution < 1.29 is 19.0 Å². The van der Waals surface area contributed by atoms with E-state index in [0.717, 1.165) is 11.1 Å². The van der Waals surface area contributed by atoms with Crippen LogP contribution >= 0.6 is 0 Å². The number of hydrogen-bond acceptors (Lipinski definition) is 5. The number of rotatable bonds is 8. The lowest BCUT2D eigenvalue weighted by Crippen LogP contribution is -2.38. The van der Waals surface area contributed by atoms with Gasteiger partial charge in [-0.15, -0.1) is 0 Å². The summed E-state index contributed by atoms with van der Waals surface area (Å²) in [6.07, 6.45) is 3.90. The molecule has 1 amide bonds. The third kappa shape index (κ3) is 4.67. The Balaban J connectivity index is 1.71. The van der Waals surface area contributed by atoms with Crippen LogP contribution in [0.4, 0.5) is 0 Å². The van der Waals surface area contributed by atoms with Crippen LogP contribution in [-0.4, -0.2) is 47.0 Å². The topological polar surface area (TPSA) is 65.8 Å². The molecule has 0 bridgehead atoms. The van der Waals surface area contributed by atoms with E-state index in [9.17, 15) is 4.79 Å². The highest BCUT2D eigenvalue weighted by Gasteiger charge is 2.31. The summed E-state index contributed by atoms with van der Waals surface area (Å²) >= 11 is 0. The van der Waals surface area contributed by atoms with Gasteiger partial charge in [-0.05, 0) is 49.6 Å². The van der Waals surface area contributed by atoms with Crippen LogP contribution in [0, 0.1) is 0 Å². The molecule has 0 spiro atoms. The molecule has 1 unspecified atom stereocenters. The molecule has 0 radical (unpaired) electrons. The Kier molecular flexibility index (Phi) is 6.87. The number of fused-ring (bicyclic) bond motifs is 1. The van der Waals surface area contributed by atoms with E-state index in [1.165, 1.54) is 5.56 Å². The molecule has 7 heteroatoms. The van der Waals surface area contributed by atoms with Gasteiger partial charge in [0.05, 0.1) is 26.0 Å². The smallest absolute Gasteiger partial charge is 0.254 e. The molecule has 1 aliphatic heterocycles. The van der Waals surface area contributed by atoms with Gasteiger partial charge >= 0.3 is 0 Å². The third-order valence-electron chi connectivity index (χ3n) is 5.77. The highest BCUT2D eigenvalue weighted by atomic mass is 16.5. The summed E-state index contributed by atoms with van der Waals surface area (Å²) in [5, 5.41) is 4.35. The fraction of sp³-hybridized carbons (Fsp3) is 0.385. The molecule has 1 aliphatic rings. The largest absolute Gasteiger partial charge is 0.490 e. The molecule has 174 valence electrons. The standard InChI is InChI=1S/C26H31N3O4/c1-5-31-23-12-19(13-24(32-6-2)25(23)33-7-3)26(30)29-16-18-10-8-9-11-21(18)22(17-29)20-14-27-28(4)15-20/h8-15,22H,5-7,16-17H2,1-4H3. The number of amides is 1. The second-order valence-electron chi connectivity index (χ2n) is 7.99. The van der Waals surface area contributed by atoms with E-state index in [2.05, 4.69) is 23.3 Å². The van der Waals surface area contributed by atoms with Crippen molar-refractivity contribution in [2.75, 3.05) is 26.4 Å². The molecule has 7 nitrogen and oxygen atoms in total. The van der Waals surface area contributed by atoms with E-state index in [1.54, 1.807) is 16.8 Å². The average Bonchev–Trinajstić information content (AvgIpc) is 3.26. The molecule has 1 atom stereocenters. The summed E-state index contributed by atoms with van der Waals surface area (Å²) < 4.78 is 19.2. The number of nitrogens with zero attached hydrogens (tertiary/aromatic N) is 3. The van der Waals surface area contributed by atoms with Crippen LogP contribution in [0.25, 0.3) is 0 Å². The Morgan fingerprint density at radius 1 is 1.03 bits per heavy atom. The fourth-order valence-corrected chi connectivity index (χ4v) is 4.36. The lowest BCUT2D eigenvalue weighted by atomic mass is 9.86. The molecule has 1 aromatic heterocycles. The lowest BCUT2D eigenvalue weighted by molar-refractivity contribution is 0.0724. The van der Waals surface area contributed by atoms with Crippen LogP contribution in [0.2, 0.25) is 0 Å². The number of aryl methyl sites for hydroxylation is 1. The van der Waals surface area contributed by atoms with Gasteiger partial charge in [0.2, 0.25) is 5.75 Å². The molecule has 0 N–H and O–H groups in total. The Morgan fingerprint density at radius 2 is 1.70 bits per heavy atom. The van der Waals surface area contributed by atoms with E-state index >= 15 is 0 Å². The SMILES string of the molecule is CCOc1cc(C(=O)N2Cc3ccccc3C(c3cnn(C)c3)C2)cc(OCC)c1OCC. The van der Waals surface area contributed by atoms with E-state index in [0.29, 0.717) is 55.7 Å². The Labute approximate surface area is 194 Å². The minimum Gasteiger partial charge on any atom is -0.490 e. The van der Waals surface area contributed by atoms with Gasteiger partial charge in [0, 0.05) is 37.8 Å². The molecule has 0 saturated carbocycles. The van der Waals surface area contributed by atoms with Crippen molar-refractivity contribution in [3.05, 3.63) is 71.0 Å². The quantitative estimate of drug-likeness (QED) is 0.510. The predicted octanol–water partition coefficient (Wildman–Crippen LogP) is 4.40. The Hall–Kier alpha value is -3.48. The van der Waals surface area contributed by atoms with Gasteiger partial charge in [0.25, 0.3) is 5.91 Å². The molecule has 33 heavy (non-hydrogen) atoms. The van der Waals surface area contributed by atoms with Gasteiger partial charge in [-0.2, -0.15) is 5.10 Å². The Bertz CT molecular complexity index is 1100. The van der Waals surface area contributed by atoms with Crippen molar-refractivity contribution in [2.45, 2.75) is 33.2 Å². The molecule has 0 aliphatic carbocycles. The molecule has 3 aromatic rings. The fourth-order valence-electron chi connectivity index (χ4n) is 4.36. The van der Waals surface area contributed by atoms with E-state index in [-0.39, 0.29) is 11.8 Å². The summed E-state index contributed by atoms with van der Waals surface area (Å²) in [6.45, 7) is 8.25. The van der Waals surface area contributed by atoms with Crippen molar-refractivity contribution in [3.8, 4) is 17.2 Å². The number of hydrogen-bond donors (Lipinski definition) is 0. The van der Waals surface area contributed by atoms with Crippen molar-refractivity contribution in [1.82, 2.24) is 14.7 Å². The normalized spacial score (nSPS) is 15.2. The number of ether oxygens (including phenoxy) is 3. The van der Waals surface area contributed by atoms with Gasteiger partial charge in [-0.25, -0.2) is 0 Å². The first-order valence-electron chi connectivity index (χ1n) is 11.5. The Morgan fingerprint density at radius 3 is 2.30 bits per heavy atom. The van der Waals surface area contributed by atoms with Gasteiger partial charge in [-0.1, -0.05) is 24.3 Å². The van der Waals surface area contributed by atoms with E-state index in [1.807, 2.05) is 51.2 Å². The number of benzene rings is 2. The van der Waals surface area contributed by atoms with Gasteiger partial charge in [0.1, 0.15) is 0 Å². The van der Waals surface area contributed by atoms with Crippen molar-refractivity contribution >= 4 is 5.91 Å². The zero-order valence-electron chi connectivity index (χ0n) is 19.7. The zero-order chi connectivity index (χ0) is 23.4. The number of carbonyl (C=O) groups excluding carboxylic acids is 1. The monoisotopic (exact) mass is 449 g/mol. The summed E-state index contributed by atoms with van der Waals surface area (Å²) in [6, 6.07) is 11.8. The number of carbonyl (C=O) groups is 1. The van der Waals surface area contributed by atoms with Crippen LogP contribution in [-0.2, 0) is 13.6 Å². The summed E-state index contributed by atoms with van der Waals surface area (Å²) in [5.41, 5.74) is 4.01. The molecule has 0 fully saturated rings. The van der Waals surface area contributed by atoms with Gasteiger partial charge in [0.15, 0.2) is 11.5 Å². The van der Waals surface area contributed by atoms with Crippen LogP contribution in [0.1, 0.15) is 53.7 Å². The van der Waals surface area contributed by atoms with Crippen molar-refractivity contribution in [1.29, 1.82) is 0 Å². The minimum absolute atomic E-state index is 0.0630. The van der Waals surface area contributed by atoms with Crippen LogP contribution in [0.5, 0.6) is 17.2 Å². The first kappa shape index (κ1) is 22.7. The molecule has 2 heterocycles. The number of aromatic nitrogens is 2. The summed E-state index contributed by atoms with van der Waals surface area (Å²) in [5.74, 6) is 1.58. The van der Waals surface area contributed by atoms with Crippen LogP contribution in [0.15, 0.2) is 48.8 Å². The van der Waals surface area contributed by atoms with Gasteiger partial charge in [-0.3, -0.25) is 9.48 Å². The first-order chi connectivity index (χ1) is 16.0. The highest BCUT2D eigenvalue weighted by molar-refractivity contribution is 5.96. The second kappa shape index (κ2) is 9.98. The minimum atomic E-state index is -0.0663. The molecule has 0 saturated heterocycles.